The lowest BCUT2D eigenvalue weighted by molar-refractivity contribution is -0.133. The first-order chi connectivity index (χ1) is 9.72. The van der Waals surface area contributed by atoms with Crippen LogP contribution in [0, 0.1) is 0 Å². The molecule has 2 heterocycles. The van der Waals surface area contributed by atoms with E-state index in [2.05, 4.69) is 10.2 Å². The van der Waals surface area contributed by atoms with E-state index >= 15 is 0 Å². The van der Waals surface area contributed by atoms with Crippen molar-refractivity contribution in [1.29, 1.82) is 0 Å². The van der Waals surface area contributed by atoms with Gasteiger partial charge in [-0.15, -0.1) is 10.2 Å². The number of nitrogens with zero attached hydrogens (tertiary/aromatic N) is 2. The van der Waals surface area contributed by atoms with Gasteiger partial charge in [0.1, 0.15) is 19.0 Å². The van der Waals surface area contributed by atoms with Gasteiger partial charge in [0.15, 0.2) is 11.5 Å². The van der Waals surface area contributed by atoms with E-state index in [0.717, 1.165) is 11.8 Å². The lowest BCUT2D eigenvalue weighted by Crippen LogP contribution is -2.15. The molecule has 1 N–H and O–H groups in total. The maximum atomic E-state index is 10.5. The highest BCUT2D eigenvalue weighted by atomic mass is 32.2. The van der Waals surface area contributed by atoms with E-state index in [0.29, 0.717) is 36.2 Å². The fourth-order valence-electron chi connectivity index (χ4n) is 1.68. The Morgan fingerprint density at radius 3 is 2.85 bits per heavy atom. The summed E-state index contributed by atoms with van der Waals surface area (Å²) in [4.78, 5) is 10.5. The number of ether oxygens (including phenoxy) is 2. The molecule has 104 valence electrons. The number of hydrogen-bond donors (Lipinski definition) is 1. The Labute approximate surface area is 117 Å². The minimum absolute atomic E-state index is 0.122. The summed E-state index contributed by atoms with van der Waals surface area (Å²) in [7, 11) is 0. The number of fused-ring (bicyclic) bond motifs is 1. The normalized spacial score (nSPS) is 13.2. The largest absolute Gasteiger partial charge is 0.486 e. The van der Waals surface area contributed by atoms with Gasteiger partial charge in [0.05, 0.1) is 0 Å². The molecule has 0 unspecified atom stereocenters. The number of carboxylic acids is 1. The Bertz CT molecular complexity index is 643. The number of thioether (sulfide) groups is 1. The number of aliphatic carboxylic acids is 1. The van der Waals surface area contributed by atoms with Crippen LogP contribution in [0.4, 0.5) is 0 Å². The van der Waals surface area contributed by atoms with Crippen LogP contribution in [0.1, 0.15) is 0 Å². The van der Waals surface area contributed by atoms with Gasteiger partial charge in [-0.1, -0.05) is 11.8 Å². The third kappa shape index (κ3) is 2.69. The molecule has 0 fully saturated rings. The fourth-order valence-corrected chi connectivity index (χ4v) is 2.17. The molecule has 0 radical (unpaired) electrons. The highest BCUT2D eigenvalue weighted by Gasteiger charge is 2.16. The van der Waals surface area contributed by atoms with Crippen molar-refractivity contribution >= 4 is 17.7 Å². The zero-order valence-corrected chi connectivity index (χ0v) is 11.1. The summed E-state index contributed by atoms with van der Waals surface area (Å²) in [6, 6.07) is 5.32. The van der Waals surface area contributed by atoms with Crippen LogP contribution in [-0.2, 0) is 4.79 Å². The van der Waals surface area contributed by atoms with Crippen LogP contribution < -0.4 is 9.47 Å². The summed E-state index contributed by atoms with van der Waals surface area (Å²) in [5.41, 5.74) is 0.698. The van der Waals surface area contributed by atoms with Gasteiger partial charge in [0, 0.05) is 5.56 Å². The number of rotatable bonds is 4. The molecule has 0 amide bonds. The van der Waals surface area contributed by atoms with Crippen LogP contribution >= 0.6 is 11.8 Å². The average Bonchev–Trinajstić information content (AvgIpc) is 2.93. The molecule has 1 aromatic heterocycles. The first-order valence-corrected chi connectivity index (χ1v) is 6.79. The summed E-state index contributed by atoms with van der Waals surface area (Å²) in [5, 5.41) is 16.5. The molecule has 0 atom stereocenters. The van der Waals surface area contributed by atoms with Crippen LogP contribution in [0.3, 0.4) is 0 Å². The Morgan fingerprint density at radius 1 is 1.25 bits per heavy atom. The van der Waals surface area contributed by atoms with Gasteiger partial charge >= 0.3 is 5.97 Å². The molecule has 2 aromatic rings. The Hall–Kier alpha value is -2.22. The number of carboxylic acid groups (broad SMARTS) is 1. The summed E-state index contributed by atoms with van der Waals surface area (Å²) < 4.78 is 16.3. The second-order valence-electron chi connectivity index (χ2n) is 3.91. The number of aromatic nitrogens is 2. The predicted molar refractivity (Wildman–Crippen MR) is 69.1 cm³/mol. The molecule has 0 spiro atoms. The summed E-state index contributed by atoms with van der Waals surface area (Å²) >= 11 is 0.977. The molecule has 3 rings (SSSR count). The van der Waals surface area contributed by atoms with Crippen molar-refractivity contribution in [3.63, 3.8) is 0 Å². The van der Waals surface area contributed by atoms with E-state index in [1.165, 1.54) is 0 Å². The topological polar surface area (TPSA) is 94.7 Å². The summed E-state index contributed by atoms with van der Waals surface area (Å²) in [5.74, 6) is 0.568. The average molecular weight is 294 g/mol. The minimum atomic E-state index is -0.936. The van der Waals surface area contributed by atoms with Gasteiger partial charge in [-0.25, -0.2) is 0 Å². The highest BCUT2D eigenvalue weighted by Crippen LogP contribution is 2.34. The van der Waals surface area contributed by atoms with Gasteiger partial charge in [-0.3, -0.25) is 4.79 Å². The predicted octanol–water partition coefficient (Wildman–Crippen LogP) is 1.68. The molecule has 1 aliphatic heterocycles. The quantitative estimate of drug-likeness (QED) is 0.851. The van der Waals surface area contributed by atoms with Crippen LogP contribution in [-0.4, -0.2) is 40.2 Å². The van der Waals surface area contributed by atoms with E-state index < -0.39 is 5.97 Å². The first-order valence-electron chi connectivity index (χ1n) is 5.80. The van der Waals surface area contributed by atoms with Crippen molar-refractivity contribution in [3.8, 4) is 23.0 Å². The van der Waals surface area contributed by atoms with E-state index in [9.17, 15) is 4.79 Å². The van der Waals surface area contributed by atoms with E-state index in [1.807, 2.05) is 0 Å². The second kappa shape index (κ2) is 5.41. The summed E-state index contributed by atoms with van der Waals surface area (Å²) in [6.07, 6.45) is 0. The molecule has 0 saturated heterocycles. The molecule has 1 aliphatic rings. The van der Waals surface area contributed by atoms with Gasteiger partial charge in [-0.2, -0.15) is 0 Å². The SMILES string of the molecule is O=C(O)CSc1nnc(-c2ccc3c(c2)OCCO3)o1. The van der Waals surface area contributed by atoms with E-state index in [4.69, 9.17) is 19.0 Å². The van der Waals surface area contributed by atoms with Crippen molar-refractivity contribution in [2.75, 3.05) is 19.0 Å². The number of benzene rings is 1. The Kier molecular flexibility index (Phi) is 3.46. The molecule has 0 aliphatic carbocycles. The maximum Gasteiger partial charge on any atom is 0.314 e. The van der Waals surface area contributed by atoms with Crippen molar-refractivity contribution in [2.45, 2.75) is 5.22 Å². The molecule has 1 aromatic carbocycles. The lowest BCUT2D eigenvalue weighted by Gasteiger charge is -2.18. The van der Waals surface area contributed by atoms with Crippen LogP contribution in [0.5, 0.6) is 11.5 Å². The molecular formula is C12H10N2O5S. The fraction of sp³-hybridized carbons (Fsp3) is 0.250. The van der Waals surface area contributed by atoms with Crippen molar-refractivity contribution in [3.05, 3.63) is 18.2 Å². The molecule has 8 heteroatoms. The van der Waals surface area contributed by atoms with Gasteiger partial charge < -0.3 is 19.0 Å². The lowest BCUT2D eigenvalue weighted by atomic mass is 10.2. The second-order valence-corrected chi connectivity index (χ2v) is 4.84. The van der Waals surface area contributed by atoms with Gasteiger partial charge in [-0.05, 0) is 18.2 Å². The molecule has 0 saturated carbocycles. The summed E-state index contributed by atoms with van der Waals surface area (Å²) in [6.45, 7) is 1.03. The zero-order chi connectivity index (χ0) is 13.9. The molecule has 7 nitrogen and oxygen atoms in total. The first kappa shape index (κ1) is 12.8. The molecular weight excluding hydrogens is 284 g/mol. The number of carbonyl (C=O) groups is 1. The number of hydrogen-bond acceptors (Lipinski definition) is 7. The van der Waals surface area contributed by atoms with Gasteiger partial charge in [0.2, 0.25) is 5.89 Å². The van der Waals surface area contributed by atoms with Crippen molar-refractivity contribution < 1.29 is 23.8 Å². The van der Waals surface area contributed by atoms with Crippen LogP contribution in [0.25, 0.3) is 11.5 Å². The monoisotopic (exact) mass is 294 g/mol. The van der Waals surface area contributed by atoms with Crippen molar-refractivity contribution in [2.24, 2.45) is 0 Å². The smallest absolute Gasteiger partial charge is 0.314 e. The standard InChI is InChI=1S/C12H10N2O5S/c15-10(16)6-20-12-14-13-11(19-12)7-1-2-8-9(5-7)18-4-3-17-8/h1-2,5H,3-4,6H2,(H,15,16). The Balaban J connectivity index is 1.80. The Morgan fingerprint density at radius 2 is 2.05 bits per heavy atom. The molecule has 20 heavy (non-hydrogen) atoms. The van der Waals surface area contributed by atoms with E-state index in [-0.39, 0.29) is 11.0 Å². The van der Waals surface area contributed by atoms with Crippen LogP contribution in [0.15, 0.2) is 27.8 Å². The third-order valence-electron chi connectivity index (χ3n) is 2.51. The van der Waals surface area contributed by atoms with Crippen molar-refractivity contribution in [1.82, 2.24) is 10.2 Å². The maximum absolute atomic E-state index is 10.5. The minimum Gasteiger partial charge on any atom is -0.486 e. The van der Waals surface area contributed by atoms with Gasteiger partial charge in [0.25, 0.3) is 5.22 Å². The third-order valence-corrected chi connectivity index (χ3v) is 3.32. The highest BCUT2D eigenvalue weighted by molar-refractivity contribution is 7.99. The molecule has 0 bridgehead atoms. The zero-order valence-electron chi connectivity index (χ0n) is 10.2. The van der Waals surface area contributed by atoms with Crippen LogP contribution in [0.2, 0.25) is 0 Å². The van der Waals surface area contributed by atoms with E-state index in [1.54, 1.807) is 18.2 Å².